The predicted molar refractivity (Wildman–Crippen MR) is 52.2 cm³/mol. The standard InChI is InChI=1S/C10H12N2O2/c13-10(14)8-3-6-12(7-8)9-1-4-11-5-2-9/h1-2,4-5,8H,3,6-7H2,(H,13,14). The van der Waals surface area contributed by atoms with E-state index in [0.29, 0.717) is 6.54 Å². The Hall–Kier alpha value is -1.58. The number of carboxylic acids is 1. The molecule has 1 fully saturated rings. The van der Waals surface area contributed by atoms with Crippen molar-refractivity contribution in [2.24, 2.45) is 5.92 Å². The number of hydrogen-bond acceptors (Lipinski definition) is 3. The van der Waals surface area contributed by atoms with E-state index in [1.165, 1.54) is 0 Å². The van der Waals surface area contributed by atoms with Crippen LogP contribution in [-0.4, -0.2) is 29.1 Å². The Morgan fingerprint density at radius 1 is 1.50 bits per heavy atom. The van der Waals surface area contributed by atoms with Gasteiger partial charge in [-0.2, -0.15) is 0 Å². The Kier molecular flexibility index (Phi) is 2.35. The van der Waals surface area contributed by atoms with Gasteiger partial charge in [0.15, 0.2) is 0 Å². The fraction of sp³-hybridized carbons (Fsp3) is 0.400. The van der Waals surface area contributed by atoms with Crippen LogP contribution in [0.4, 0.5) is 5.69 Å². The second kappa shape index (κ2) is 3.65. The van der Waals surface area contributed by atoms with Crippen LogP contribution in [0.3, 0.4) is 0 Å². The van der Waals surface area contributed by atoms with Gasteiger partial charge in [0.1, 0.15) is 0 Å². The van der Waals surface area contributed by atoms with E-state index in [1.807, 2.05) is 12.1 Å². The summed E-state index contributed by atoms with van der Waals surface area (Å²) >= 11 is 0. The first kappa shape index (κ1) is 8.99. The number of nitrogens with zero attached hydrogens (tertiary/aromatic N) is 2. The van der Waals surface area contributed by atoms with Crippen molar-refractivity contribution in [1.29, 1.82) is 0 Å². The van der Waals surface area contributed by atoms with Crippen molar-refractivity contribution in [1.82, 2.24) is 4.98 Å². The van der Waals surface area contributed by atoms with E-state index in [1.54, 1.807) is 12.4 Å². The number of hydrogen-bond donors (Lipinski definition) is 1. The van der Waals surface area contributed by atoms with Gasteiger partial charge in [-0.1, -0.05) is 0 Å². The summed E-state index contributed by atoms with van der Waals surface area (Å²) in [6, 6.07) is 3.81. The number of pyridine rings is 1. The highest BCUT2D eigenvalue weighted by molar-refractivity contribution is 5.72. The number of carbonyl (C=O) groups is 1. The van der Waals surface area contributed by atoms with Gasteiger partial charge in [-0.3, -0.25) is 9.78 Å². The lowest BCUT2D eigenvalue weighted by Gasteiger charge is -2.17. The fourth-order valence-corrected chi connectivity index (χ4v) is 1.75. The Morgan fingerprint density at radius 3 is 2.79 bits per heavy atom. The first-order valence-corrected chi connectivity index (χ1v) is 4.65. The molecule has 2 heterocycles. The molecule has 2 rings (SSSR count). The van der Waals surface area contributed by atoms with Crippen LogP contribution in [0.25, 0.3) is 0 Å². The molecule has 0 aliphatic carbocycles. The molecule has 0 aromatic carbocycles. The first-order valence-electron chi connectivity index (χ1n) is 4.65. The van der Waals surface area contributed by atoms with Gasteiger partial charge in [-0.15, -0.1) is 0 Å². The SMILES string of the molecule is O=C(O)C1CCN(c2ccncc2)C1. The van der Waals surface area contributed by atoms with Crippen LogP contribution in [0.15, 0.2) is 24.5 Å². The van der Waals surface area contributed by atoms with Gasteiger partial charge < -0.3 is 10.0 Å². The molecule has 1 N–H and O–H groups in total. The van der Waals surface area contributed by atoms with Crippen LogP contribution in [0, 0.1) is 5.92 Å². The van der Waals surface area contributed by atoms with Crippen molar-refractivity contribution in [3.8, 4) is 0 Å². The molecule has 1 atom stereocenters. The molecule has 0 saturated carbocycles. The molecular weight excluding hydrogens is 180 g/mol. The second-order valence-electron chi connectivity index (χ2n) is 3.48. The quantitative estimate of drug-likeness (QED) is 0.759. The number of anilines is 1. The molecule has 1 saturated heterocycles. The van der Waals surface area contributed by atoms with Crippen molar-refractivity contribution in [2.45, 2.75) is 6.42 Å². The topological polar surface area (TPSA) is 53.4 Å². The van der Waals surface area contributed by atoms with Crippen molar-refractivity contribution in [2.75, 3.05) is 18.0 Å². The minimum atomic E-state index is -0.693. The van der Waals surface area contributed by atoms with Crippen LogP contribution in [-0.2, 0) is 4.79 Å². The molecular formula is C10H12N2O2. The van der Waals surface area contributed by atoms with Crippen molar-refractivity contribution in [3.05, 3.63) is 24.5 Å². The lowest BCUT2D eigenvalue weighted by molar-refractivity contribution is -0.140. The highest BCUT2D eigenvalue weighted by atomic mass is 16.4. The van der Waals surface area contributed by atoms with Crippen molar-refractivity contribution < 1.29 is 9.90 Å². The van der Waals surface area contributed by atoms with Crippen molar-refractivity contribution in [3.63, 3.8) is 0 Å². The number of carboxylic acid groups (broad SMARTS) is 1. The normalized spacial score (nSPS) is 21.1. The Morgan fingerprint density at radius 2 is 2.21 bits per heavy atom. The maximum absolute atomic E-state index is 10.7. The molecule has 0 spiro atoms. The van der Waals surface area contributed by atoms with Gasteiger partial charge in [0.05, 0.1) is 5.92 Å². The van der Waals surface area contributed by atoms with Crippen LogP contribution in [0.2, 0.25) is 0 Å². The largest absolute Gasteiger partial charge is 0.481 e. The summed E-state index contributed by atoms with van der Waals surface area (Å²) in [5, 5.41) is 8.84. The monoisotopic (exact) mass is 192 g/mol. The Balaban J connectivity index is 2.06. The smallest absolute Gasteiger partial charge is 0.308 e. The Bertz CT molecular complexity index is 326. The molecule has 4 heteroatoms. The minimum Gasteiger partial charge on any atom is -0.481 e. The van der Waals surface area contributed by atoms with Gasteiger partial charge in [0, 0.05) is 31.2 Å². The zero-order chi connectivity index (χ0) is 9.97. The third-order valence-corrected chi connectivity index (χ3v) is 2.57. The van der Waals surface area contributed by atoms with Crippen LogP contribution in [0.1, 0.15) is 6.42 Å². The maximum atomic E-state index is 10.7. The highest BCUT2D eigenvalue weighted by Crippen LogP contribution is 2.22. The van der Waals surface area contributed by atoms with Crippen LogP contribution < -0.4 is 4.90 Å². The highest BCUT2D eigenvalue weighted by Gasteiger charge is 2.27. The van der Waals surface area contributed by atoms with Gasteiger partial charge in [0.2, 0.25) is 0 Å². The molecule has 1 aliphatic rings. The number of aliphatic carboxylic acids is 1. The minimum absolute atomic E-state index is 0.219. The molecule has 1 aromatic rings. The number of rotatable bonds is 2. The molecule has 0 radical (unpaired) electrons. The average molecular weight is 192 g/mol. The Labute approximate surface area is 82.2 Å². The van der Waals surface area contributed by atoms with Gasteiger partial charge >= 0.3 is 5.97 Å². The van der Waals surface area contributed by atoms with E-state index in [-0.39, 0.29) is 5.92 Å². The first-order chi connectivity index (χ1) is 6.77. The van der Waals surface area contributed by atoms with E-state index >= 15 is 0 Å². The van der Waals surface area contributed by atoms with Gasteiger partial charge in [-0.25, -0.2) is 0 Å². The van der Waals surface area contributed by atoms with Gasteiger partial charge in [-0.05, 0) is 18.6 Å². The summed E-state index contributed by atoms with van der Waals surface area (Å²) in [5.41, 5.74) is 1.06. The zero-order valence-corrected chi connectivity index (χ0v) is 7.76. The second-order valence-corrected chi connectivity index (χ2v) is 3.48. The van der Waals surface area contributed by atoms with Gasteiger partial charge in [0.25, 0.3) is 0 Å². The van der Waals surface area contributed by atoms with E-state index < -0.39 is 5.97 Å². The van der Waals surface area contributed by atoms with Crippen LogP contribution in [0.5, 0.6) is 0 Å². The van der Waals surface area contributed by atoms with Crippen molar-refractivity contribution >= 4 is 11.7 Å². The summed E-state index contributed by atoms with van der Waals surface area (Å²) < 4.78 is 0. The average Bonchev–Trinajstić information content (AvgIpc) is 2.68. The predicted octanol–water partition coefficient (Wildman–Crippen LogP) is 0.992. The molecule has 14 heavy (non-hydrogen) atoms. The van der Waals surface area contributed by atoms with E-state index in [9.17, 15) is 4.79 Å². The summed E-state index contributed by atoms with van der Waals surface area (Å²) in [4.78, 5) is 16.8. The number of aromatic nitrogens is 1. The molecule has 1 unspecified atom stereocenters. The zero-order valence-electron chi connectivity index (χ0n) is 7.76. The molecule has 1 aromatic heterocycles. The molecule has 74 valence electrons. The summed E-state index contributed by atoms with van der Waals surface area (Å²) in [6.07, 6.45) is 4.19. The van der Waals surface area contributed by atoms with E-state index in [2.05, 4.69) is 9.88 Å². The molecule has 4 nitrogen and oxygen atoms in total. The van der Waals surface area contributed by atoms with E-state index in [0.717, 1.165) is 18.7 Å². The van der Waals surface area contributed by atoms with E-state index in [4.69, 9.17) is 5.11 Å². The molecule has 1 aliphatic heterocycles. The van der Waals surface area contributed by atoms with Crippen LogP contribution >= 0.6 is 0 Å². The fourth-order valence-electron chi connectivity index (χ4n) is 1.75. The molecule has 0 amide bonds. The summed E-state index contributed by atoms with van der Waals surface area (Å²) in [6.45, 7) is 1.43. The lowest BCUT2D eigenvalue weighted by atomic mass is 10.1. The third kappa shape index (κ3) is 1.69. The maximum Gasteiger partial charge on any atom is 0.308 e. The molecule has 0 bridgehead atoms. The summed E-state index contributed by atoms with van der Waals surface area (Å²) in [5.74, 6) is -0.912. The summed E-state index contributed by atoms with van der Waals surface area (Å²) in [7, 11) is 0. The third-order valence-electron chi connectivity index (χ3n) is 2.57. The lowest BCUT2D eigenvalue weighted by Crippen LogP contribution is -2.22.